The Kier molecular flexibility index (Phi) is 6.48. The molecule has 2 N–H and O–H groups in total. The Hall–Kier alpha value is -4.83. The minimum absolute atomic E-state index is 0.0285. The summed E-state index contributed by atoms with van der Waals surface area (Å²) >= 11 is 1.23. The van der Waals surface area contributed by atoms with Gasteiger partial charge in [0.15, 0.2) is 0 Å². The first-order valence-electron chi connectivity index (χ1n) is 11.3. The van der Waals surface area contributed by atoms with Crippen molar-refractivity contribution in [3.8, 4) is 0 Å². The second-order valence-corrected chi connectivity index (χ2v) is 9.52. The number of amides is 2. The van der Waals surface area contributed by atoms with Gasteiger partial charge in [-0.05, 0) is 37.3 Å². The molecule has 0 fully saturated rings. The number of anilines is 1. The quantitative estimate of drug-likeness (QED) is 0.171. The maximum absolute atomic E-state index is 12.7. The molecular weight excluding hydrogens is 490 g/mol. The van der Waals surface area contributed by atoms with Crippen LogP contribution in [0.3, 0.4) is 0 Å². The summed E-state index contributed by atoms with van der Waals surface area (Å²) in [6.07, 6.45) is 3.35. The maximum atomic E-state index is 12.7. The number of aryl methyl sites for hydroxylation is 1. The number of non-ortho nitro benzene ring substituents is 1. The van der Waals surface area contributed by atoms with E-state index in [1.165, 1.54) is 29.7 Å². The molecule has 0 radical (unpaired) electrons. The van der Waals surface area contributed by atoms with E-state index in [1.807, 2.05) is 66.2 Å². The second kappa shape index (κ2) is 10.0. The number of rotatable bonds is 7. The molecule has 2 aromatic heterocycles. The summed E-state index contributed by atoms with van der Waals surface area (Å²) in [5.41, 5.74) is 5.93. The highest BCUT2D eigenvalue weighted by Crippen LogP contribution is 2.29. The molecular formula is C27H21N5O4S. The third-order valence-corrected chi connectivity index (χ3v) is 6.89. The van der Waals surface area contributed by atoms with Gasteiger partial charge in [-0.15, -0.1) is 11.3 Å². The molecule has 5 aromatic rings. The van der Waals surface area contributed by atoms with Crippen molar-refractivity contribution in [2.24, 2.45) is 5.10 Å². The zero-order valence-electron chi connectivity index (χ0n) is 19.7. The molecule has 184 valence electrons. The number of nitrogens with zero attached hydrogens (tertiary/aromatic N) is 3. The van der Waals surface area contributed by atoms with Gasteiger partial charge in [-0.1, -0.05) is 35.9 Å². The number of para-hydroxylation sites is 1. The van der Waals surface area contributed by atoms with Crippen LogP contribution in [-0.2, 0) is 11.3 Å². The average molecular weight is 512 g/mol. The summed E-state index contributed by atoms with van der Waals surface area (Å²) < 4.78 is 2.60. The van der Waals surface area contributed by atoms with E-state index in [9.17, 15) is 19.7 Å². The third kappa shape index (κ3) is 5.24. The highest BCUT2D eigenvalue weighted by molar-refractivity contribution is 7.20. The number of nitrogens with one attached hydrogen (secondary N) is 2. The lowest BCUT2D eigenvalue weighted by molar-refractivity contribution is -0.384. The van der Waals surface area contributed by atoms with E-state index in [4.69, 9.17) is 0 Å². The molecule has 0 saturated heterocycles. The number of hydrazone groups is 1. The minimum Gasteiger partial charge on any atom is -0.337 e. The van der Waals surface area contributed by atoms with E-state index in [0.717, 1.165) is 32.4 Å². The van der Waals surface area contributed by atoms with Crippen molar-refractivity contribution in [1.29, 1.82) is 0 Å². The van der Waals surface area contributed by atoms with Gasteiger partial charge in [0.1, 0.15) is 6.54 Å². The largest absolute Gasteiger partial charge is 0.337 e. The van der Waals surface area contributed by atoms with Gasteiger partial charge in [-0.3, -0.25) is 19.7 Å². The molecule has 0 saturated carbocycles. The fourth-order valence-electron chi connectivity index (χ4n) is 3.97. The van der Waals surface area contributed by atoms with Crippen molar-refractivity contribution in [2.45, 2.75) is 13.5 Å². The molecule has 37 heavy (non-hydrogen) atoms. The minimum atomic E-state index is -0.469. The van der Waals surface area contributed by atoms with Gasteiger partial charge < -0.3 is 9.88 Å². The van der Waals surface area contributed by atoms with E-state index in [0.29, 0.717) is 10.3 Å². The lowest BCUT2D eigenvalue weighted by Gasteiger charge is -2.07. The summed E-state index contributed by atoms with van der Waals surface area (Å²) in [5.74, 6) is -0.576. The third-order valence-electron chi connectivity index (χ3n) is 5.77. The van der Waals surface area contributed by atoms with Crippen LogP contribution in [-0.4, -0.2) is 27.5 Å². The Morgan fingerprint density at radius 3 is 2.65 bits per heavy atom. The van der Waals surface area contributed by atoms with Crippen molar-refractivity contribution in [3.63, 3.8) is 0 Å². The number of carbonyl (C=O) groups is 2. The zero-order valence-corrected chi connectivity index (χ0v) is 20.5. The van der Waals surface area contributed by atoms with Gasteiger partial charge in [-0.2, -0.15) is 5.10 Å². The van der Waals surface area contributed by atoms with E-state index in [1.54, 1.807) is 12.1 Å². The standard InChI is InChI=1S/C27H21N5O4S/c1-17-6-8-20(9-7-17)29-26(33)16-31-15-19(22-4-2-3-5-23(22)31)14-28-30-27(34)25-13-18-12-21(32(35)36)10-11-24(18)37-25/h2-15H,16H2,1H3,(H,29,33)(H,30,34)/b28-14-. The van der Waals surface area contributed by atoms with Crippen molar-refractivity contribution < 1.29 is 14.5 Å². The summed E-state index contributed by atoms with van der Waals surface area (Å²) in [4.78, 5) is 36.2. The Balaban J connectivity index is 1.30. The molecule has 0 bridgehead atoms. The topological polar surface area (TPSA) is 119 Å². The smallest absolute Gasteiger partial charge is 0.281 e. The number of hydrogen-bond donors (Lipinski definition) is 2. The number of fused-ring (bicyclic) bond motifs is 2. The molecule has 0 aliphatic rings. The number of benzene rings is 3. The molecule has 0 aliphatic carbocycles. The lowest BCUT2D eigenvalue weighted by Crippen LogP contribution is -2.18. The predicted molar refractivity (Wildman–Crippen MR) is 145 cm³/mol. The van der Waals surface area contributed by atoms with Gasteiger partial charge in [0.05, 0.1) is 16.0 Å². The van der Waals surface area contributed by atoms with E-state index in [2.05, 4.69) is 15.8 Å². The van der Waals surface area contributed by atoms with Crippen LogP contribution in [0.15, 0.2) is 84.1 Å². The van der Waals surface area contributed by atoms with Gasteiger partial charge in [0, 0.05) is 50.6 Å². The number of carbonyl (C=O) groups excluding carboxylic acids is 2. The first-order chi connectivity index (χ1) is 17.9. The van der Waals surface area contributed by atoms with Gasteiger partial charge in [-0.25, -0.2) is 5.43 Å². The Morgan fingerprint density at radius 2 is 1.86 bits per heavy atom. The van der Waals surface area contributed by atoms with Crippen molar-refractivity contribution in [3.05, 3.63) is 105 Å². The van der Waals surface area contributed by atoms with Crippen molar-refractivity contribution in [2.75, 3.05) is 5.32 Å². The maximum Gasteiger partial charge on any atom is 0.281 e. The highest BCUT2D eigenvalue weighted by Gasteiger charge is 2.14. The summed E-state index contributed by atoms with van der Waals surface area (Å²) in [7, 11) is 0. The fourth-order valence-corrected chi connectivity index (χ4v) is 4.91. The lowest BCUT2D eigenvalue weighted by atomic mass is 10.2. The molecule has 0 aliphatic heterocycles. The molecule has 0 spiro atoms. The van der Waals surface area contributed by atoms with E-state index < -0.39 is 10.8 Å². The molecule has 10 heteroatoms. The van der Waals surface area contributed by atoms with Crippen LogP contribution in [0.4, 0.5) is 11.4 Å². The number of nitro groups is 1. The SMILES string of the molecule is Cc1ccc(NC(=O)Cn2cc(/C=N\NC(=O)c3cc4cc([N+](=O)[O-])ccc4s3)c3ccccc32)cc1. The summed E-state index contributed by atoms with van der Waals surface area (Å²) in [6, 6.07) is 21.3. The monoisotopic (exact) mass is 511 g/mol. The Bertz CT molecular complexity index is 1680. The van der Waals surface area contributed by atoms with Crippen LogP contribution < -0.4 is 10.7 Å². The summed E-state index contributed by atoms with van der Waals surface area (Å²) in [6.45, 7) is 2.10. The summed E-state index contributed by atoms with van der Waals surface area (Å²) in [5, 5.41) is 19.5. The van der Waals surface area contributed by atoms with Crippen molar-refractivity contribution >= 4 is 61.7 Å². The van der Waals surface area contributed by atoms with Crippen LogP contribution in [0.1, 0.15) is 20.8 Å². The molecule has 0 atom stereocenters. The van der Waals surface area contributed by atoms with Crippen LogP contribution in [0.5, 0.6) is 0 Å². The Labute approximate surface area is 215 Å². The van der Waals surface area contributed by atoms with E-state index >= 15 is 0 Å². The molecule has 3 aromatic carbocycles. The number of nitro benzene ring substituents is 1. The zero-order chi connectivity index (χ0) is 25.9. The molecule has 9 nitrogen and oxygen atoms in total. The van der Waals surface area contributed by atoms with Crippen LogP contribution in [0, 0.1) is 17.0 Å². The van der Waals surface area contributed by atoms with Crippen LogP contribution in [0.25, 0.3) is 21.0 Å². The van der Waals surface area contributed by atoms with Crippen LogP contribution in [0.2, 0.25) is 0 Å². The van der Waals surface area contributed by atoms with Gasteiger partial charge >= 0.3 is 0 Å². The molecule has 0 unspecified atom stereocenters. The normalized spacial score (nSPS) is 11.3. The van der Waals surface area contributed by atoms with Gasteiger partial charge in [0.25, 0.3) is 11.6 Å². The molecule has 2 heterocycles. The Morgan fingerprint density at radius 1 is 1.08 bits per heavy atom. The molecule has 2 amide bonds. The van der Waals surface area contributed by atoms with Crippen molar-refractivity contribution in [1.82, 2.24) is 9.99 Å². The van der Waals surface area contributed by atoms with E-state index in [-0.39, 0.29) is 18.1 Å². The first kappa shape index (κ1) is 23.9. The highest BCUT2D eigenvalue weighted by atomic mass is 32.1. The van der Waals surface area contributed by atoms with Gasteiger partial charge in [0.2, 0.25) is 5.91 Å². The number of thiophene rings is 1. The number of hydrogen-bond acceptors (Lipinski definition) is 6. The van der Waals surface area contributed by atoms with Crippen LogP contribution >= 0.6 is 11.3 Å². The first-order valence-corrected chi connectivity index (χ1v) is 12.1. The molecule has 5 rings (SSSR count). The second-order valence-electron chi connectivity index (χ2n) is 8.43. The fraction of sp³-hybridized carbons (Fsp3) is 0.0741. The number of aromatic nitrogens is 1. The predicted octanol–water partition coefficient (Wildman–Crippen LogP) is 5.48. The average Bonchev–Trinajstić information content (AvgIpc) is 3.47.